The molecule has 4 rings (SSSR count). The van der Waals surface area contributed by atoms with E-state index in [1.807, 2.05) is 11.0 Å². The molecule has 9 heteroatoms. The molecule has 32 heavy (non-hydrogen) atoms. The Bertz CT molecular complexity index is 1120. The number of amides is 1. The van der Waals surface area contributed by atoms with Crippen LogP contribution in [0.5, 0.6) is 5.75 Å². The van der Waals surface area contributed by atoms with Gasteiger partial charge in [0.25, 0.3) is 5.91 Å². The molecule has 1 fully saturated rings. The van der Waals surface area contributed by atoms with Crippen LogP contribution in [0.1, 0.15) is 21.9 Å². The molecule has 1 aliphatic rings. The first-order valence-electron chi connectivity index (χ1n) is 10.0. The zero-order valence-corrected chi connectivity index (χ0v) is 19.3. The lowest BCUT2D eigenvalue weighted by molar-refractivity contribution is 0.0592. The molecule has 1 amide bonds. The Hall–Kier alpha value is -2.42. The monoisotopic (exact) mass is 524 g/mol. The maximum atomic E-state index is 13.9. The Morgan fingerprint density at radius 3 is 2.62 bits per heavy atom. The van der Waals surface area contributed by atoms with Crippen molar-refractivity contribution < 1.29 is 22.7 Å². The van der Waals surface area contributed by atoms with E-state index in [1.54, 1.807) is 35.2 Å². The predicted molar refractivity (Wildman–Crippen MR) is 120 cm³/mol. The van der Waals surface area contributed by atoms with Gasteiger partial charge in [-0.15, -0.1) is 0 Å². The quantitative estimate of drug-likeness (QED) is 0.426. The van der Waals surface area contributed by atoms with Crippen LogP contribution in [0.15, 0.2) is 57.4 Å². The molecule has 0 radical (unpaired) electrons. The highest BCUT2D eigenvalue weighted by Crippen LogP contribution is 2.28. The van der Waals surface area contributed by atoms with Gasteiger partial charge in [-0.25, -0.2) is 8.78 Å². The van der Waals surface area contributed by atoms with E-state index in [-0.39, 0.29) is 18.3 Å². The number of piperazine rings is 1. The molecule has 0 N–H and O–H groups in total. The Balaban J connectivity index is 1.30. The SMILES string of the molecule is O=C(c1ccc(COc2ccc(Br)cc2Cl)o1)N1CCN(Cc2cccc(F)c2F)CC1. The zero-order valence-electron chi connectivity index (χ0n) is 17.0. The van der Waals surface area contributed by atoms with Crippen LogP contribution in [0.4, 0.5) is 8.78 Å². The molecular formula is C23H20BrClF2N2O3. The minimum Gasteiger partial charge on any atom is -0.484 e. The molecule has 5 nitrogen and oxygen atoms in total. The van der Waals surface area contributed by atoms with E-state index in [0.717, 1.165) is 10.5 Å². The topological polar surface area (TPSA) is 45.9 Å². The highest BCUT2D eigenvalue weighted by molar-refractivity contribution is 9.10. The number of hydrogen-bond donors (Lipinski definition) is 0. The fourth-order valence-corrected chi connectivity index (χ4v) is 4.22. The van der Waals surface area contributed by atoms with Crippen LogP contribution in [0.25, 0.3) is 0 Å². The Kier molecular flexibility index (Phi) is 7.13. The summed E-state index contributed by atoms with van der Waals surface area (Å²) in [5, 5.41) is 0.471. The van der Waals surface area contributed by atoms with Gasteiger partial charge in [-0.2, -0.15) is 0 Å². The van der Waals surface area contributed by atoms with E-state index in [1.165, 1.54) is 6.07 Å². The molecular weight excluding hydrogens is 506 g/mol. The molecule has 1 aromatic heterocycles. The average molecular weight is 526 g/mol. The van der Waals surface area contributed by atoms with Crippen LogP contribution in [0, 0.1) is 11.6 Å². The first kappa shape index (κ1) is 22.8. The molecule has 2 heterocycles. The first-order chi connectivity index (χ1) is 15.4. The van der Waals surface area contributed by atoms with E-state index in [2.05, 4.69) is 15.9 Å². The molecule has 0 bridgehead atoms. The van der Waals surface area contributed by atoms with Crippen LogP contribution in [-0.4, -0.2) is 41.9 Å². The number of rotatable bonds is 6. The number of benzene rings is 2. The molecule has 1 aliphatic heterocycles. The number of hydrogen-bond acceptors (Lipinski definition) is 4. The van der Waals surface area contributed by atoms with Gasteiger partial charge in [0.15, 0.2) is 17.4 Å². The molecule has 0 saturated carbocycles. The van der Waals surface area contributed by atoms with Gasteiger partial charge in [0, 0.05) is 42.8 Å². The molecule has 1 saturated heterocycles. The van der Waals surface area contributed by atoms with Crippen LogP contribution >= 0.6 is 27.5 Å². The summed E-state index contributed by atoms with van der Waals surface area (Å²) in [5.41, 5.74) is 0.311. The van der Waals surface area contributed by atoms with Crippen LogP contribution < -0.4 is 4.74 Å². The number of carbonyl (C=O) groups excluding carboxylic acids is 1. The van der Waals surface area contributed by atoms with Crippen LogP contribution in [-0.2, 0) is 13.2 Å². The van der Waals surface area contributed by atoms with Gasteiger partial charge in [-0.3, -0.25) is 9.69 Å². The average Bonchev–Trinajstić information content (AvgIpc) is 3.25. The number of carbonyl (C=O) groups is 1. The Labute approximate surface area is 197 Å². The van der Waals surface area contributed by atoms with Crippen molar-refractivity contribution in [3.05, 3.63) is 86.7 Å². The summed E-state index contributed by atoms with van der Waals surface area (Å²) >= 11 is 9.48. The number of nitrogens with zero attached hydrogens (tertiary/aromatic N) is 2. The highest BCUT2D eigenvalue weighted by Gasteiger charge is 2.25. The molecule has 3 aromatic rings. The van der Waals surface area contributed by atoms with Crippen LogP contribution in [0.3, 0.4) is 0 Å². The second-order valence-electron chi connectivity index (χ2n) is 7.41. The van der Waals surface area contributed by atoms with Crippen molar-refractivity contribution in [1.82, 2.24) is 9.80 Å². The lowest BCUT2D eigenvalue weighted by Crippen LogP contribution is -2.48. The summed E-state index contributed by atoms with van der Waals surface area (Å²) < 4.78 is 39.5. The number of furan rings is 1. The van der Waals surface area contributed by atoms with Gasteiger partial charge < -0.3 is 14.1 Å². The highest BCUT2D eigenvalue weighted by atomic mass is 79.9. The molecule has 2 aromatic carbocycles. The lowest BCUT2D eigenvalue weighted by Gasteiger charge is -2.34. The van der Waals surface area contributed by atoms with E-state index >= 15 is 0 Å². The molecule has 0 atom stereocenters. The van der Waals surface area contributed by atoms with Crippen LogP contribution in [0.2, 0.25) is 5.02 Å². The summed E-state index contributed by atoms with van der Waals surface area (Å²) in [6.07, 6.45) is 0. The Morgan fingerprint density at radius 2 is 1.88 bits per heavy atom. The van der Waals surface area contributed by atoms with Crippen molar-refractivity contribution in [1.29, 1.82) is 0 Å². The third kappa shape index (κ3) is 5.31. The summed E-state index contributed by atoms with van der Waals surface area (Å²) in [6, 6.07) is 12.8. The summed E-state index contributed by atoms with van der Waals surface area (Å²) in [7, 11) is 0. The van der Waals surface area contributed by atoms with Gasteiger partial charge in [0.2, 0.25) is 0 Å². The van der Waals surface area contributed by atoms with E-state index < -0.39 is 11.6 Å². The summed E-state index contributed by atoms with van der Waals surface area (Å²) in [4.78, 5) is 16.5. The van der Waals surface area contributed by atoms with Gasteiger partial charge in [0.1, 0.15) is 18.1 Å². The molecule has 168 valence electrons. The molecule has 0 spiro atoms. The minimum atomic E-state index is -0.851. The molecule has 0 aliphatic carbocycles. The lowest BCUT2D eigenvalue weighted by atomic mass is 10.1. The molecule has 0 unspecified atom stereocenters. The largest absolute Gasteiger partial charge is 0.484 e. The minimum absolute atomic E-state index is 0.140. The van der Waals surface area contributed by atoms with E-state index in [9.17, 15) is 13.6 Å². The fraction of sp³-hybridized carbons (Fsp3) is 0.261. The van der Waals surface area contributed by atoms with Crippen molar-refractivity contribution >= 4 is 33.4 Å². The standard InChI is InChI=1S/C23H20BrClF2N2O3/c24-16-4-6-20(18(25)12-16)31-14-17-5-7-21(32-17)23(30)29-10-8-28(9-11-29)13-15-2-1-3-19(26)22(15)27/h1-7,12H,8-11,13-14H2. The summed E-state index contributed by atoms with van der Waals surface area (Å²) in [5.74, 6) is -0.626. The normalized spacial score (nSPS) is 14.6. The second-order valence-corrected chi connectivity index (χ2v) is 8.73. The maximum Gasteiger partial charge on any atom is 0.289 e. The van der Waals surface area contributed by atoms with Crippen molar-refractivity contribution in [2.24, 2.45) is 0 Å². The number of halogens is 4. The zero-order chi connectivity index (χ0) is 22.7. The van der Waals surface area contributed by atoms with Gasteiger partial charge >= 0.3 is 0 Å². The second kappa shape index (κ2) is 10.0. The Morgan fingerprint density at radius 1 is 1.09 bits per heavy atom. The van der Waals surface area contributed by atoms with Crippen molar-refractivity contribution in [2.45, 2.75) is 13.2 Å². The third-order valence-electron chi connectivity index (χ3n) is 5.22. The van der Waals surface area contributed by atoms with Crippen molar-refractivity contribution in [3.63, 3.8) is 0 Å². The van der Waals surface area contributed by atoms with Crippen molar-refractivity contribution in [3.8, 4) is 5.75 Å². The predicted octanol–water partition coefficient (Wildman–Crippen LogP) is 5.51. The van der Waals surface area contributed by atoms with E-state index in [4.69, 9.17) is 20.8 Å². The third-order valence-corrected chi connectivity index (χ3v) is 6.01. The van der Waals surface area contributed by atoms with Gasteiger partial charge in [-0.1, -0.05) is 39.7 Å². The van der Waals surface area contributed by atoms with Gasteiger partial charge in [-0.05, 0) is 36.4 Å². The summed E-state index contributed by atoms with van der Waals surface area (Å²) in [6.45, 7) is 2.49. The fourth-order valence-electron chi connectivity index (χ4n) is 3.49. The van der Waals surface area contributed by atoms with Crippen molar-refractivity contribution in [2.75, 3.05) is 26.2 Å². The first-order valence-corrected chi connectivity index (χ1v) is 11.2. The number of ether oxygens (including phenoxy) is 1. The maximum absolute atomic E-state index is 13.9. The van der Waals surface area contributed by atoms with Gasteiger partial charge in [0.05, 0.1) is 5.02 Å². The van der Waals surface area contributed by atoms with E-state index in [0.29, 0.717) is 54.8 Å². The smallest absolute Gasteiger partial charge is 0.289 e.